The molecule has 2 aromatic rings. The zero-order valence-electron chi connectivity index (χ0n) is 10.5. The van der Waals surface area contributed by atoms with Crippen LogP contribution in [0.25, 0.3) is 0 Å². The molecule has 0 aliphatic heterocycles. The average molecular weight is 249 g/mol. The lowest BCUT2D eigenvalue weighted by Gasteiger charge is -2.16. The van der Waals surface area contributed by atoms with Crippen molar-refractivity contribution in [3.63, 3.8) is 0 Å². The standard InChI is InChI=1S/C16H15N3/c17-10-11-5-1-4-8-15(11)19-16-9-14(18)12-6-2-3-7-13(12)16/h1-8,14,16,19H,9,18H2. The van der Waals surface area contributed by atoms with E-state index in [1.807, 2.05) is 36.4 Å². The van der Waals surface area contributed by atoms with E-state index in [0.29, 0.717) is 5.56 Å². The minimum atomic E-state index is 0.0722. The number of benzene rings is 2. The number of fused-ring (bicyclic) bond motifs is 1. The summed E-state index contributed by atoms with van der Waals surface area (Å²) >= 11 is 0. The van der Waals surface area contributed by atoms with Gasteiger partial charge in [-0.05, 0) is 29.7 Å². The number of para-hydroxylation sites is 1. The number of hydrogen-bond donors (Lipinski definition) is 2. The Hall–Kier alpha value is -2.31. The average Bonchev–Trinajstić information content (AvgIpc) is 2.77. The first-order valence-corrected chi connectivity index (χ1v) is 6.39. The van der Waals surface area contributed by atoms with Crippen LogP contribution in [0.4, 0.5) is 5.69 Å². The van der Waals surface area contributed by atoms with Crippen LogP contribution in [0.3, 0.4) is 0 Å². The molecule has 3 N–H and O–H groups in total. The second-order valence-electron chi connectivity index (χ2n) is 4.83. The molecule has 0 bridgehead atoms. The minimum absolute atomic E-state index is 0.0722. The third-order valence-electron chi connectivity index (χ3n) is 3.64. The zero-order valence-corrected chi connectivity index (χ0v) is 10.5. The molecular formula is C16H15N3. The highest BCUT2D eigenvalue weighted by molar-refractivity contribution is 5.59. The monoisotopic (exact) mass is 249 g/mol. The van der Waals surface area contributed by atoms with Gasteiger partial charge in [-0.15, -0.1) is 0 Å². The second-order valence-corrected chi connectivity index (χ2v) is 4.83. The molecule has 1 aliphatic rings. The molecule has 0 radical (unpaired) electrons. The lowest BCUT2D eigenvalue weighted by Crippen LogP contribution is -2.10. The maximum absolute atomic E-state index is 9.12. The van der Waals surface area contributed by atoms with Crippen LogP contribution in [0.2, 0.25) is 0 Å². The molecule has 0 spiro atoms. The molecule has 0 amide bonds. The Morgan fingerprint density at radius 2 is 1.74 bits per heavy atom. The Bertz CT molecular complexity index is 642. The van der Waals surface area contributed by atoms with Crippen molar-refractivity contribution >= 4 is 5.69 Å². The Morgan fingerprint density at radius 1 is 1.05 bits per heavy atom. The van der Waals surface area contributed by atoms with Gasteiger partial charge in [-0.2, -0.15) is 5.26 Å². The Balaban J connectivity index is 1.92. The van der Waals surface area contributed by atoms with Crippen molar-refractivity contribution in [1.82, 2.24) is 0 Å². The van der Waals surface area contributed by atoms with Crippen molar-refractivity contribution in [2.24, 2.45) is 5.73 Å². The van der Waals surface area contributed by atoms with Crippen molar-refractivity contribution in [3.8, 4) is 6.07 Å². The zero-order chi connectivity index (χ0) is 13.2. The first-order valence-electron chi connectivity index (χ1n) is 6.39. The third kappa shape index (κ3) is 2.07. The summed E-state index contributed by atoms with van der Waals surface area (Å²) in [5.41, 5.74) is 10.1. The van der Waals surface area contributed by atoms with Crippen LogP contribution in [0.5, 0.6) is 0 Å². The highest BCUT2D eigenvalue weighted by atomic mass is 14.9. The number of anilines is 1. The van der Waals surface area contributed by atoms with Gasteiger partial charge in [0, 0.05) is 6.04 Å². The van der Waals surface area contributed by atoms with Crippen LogP contribution in [-0.4, -0.2) is 0 Å². The molecule has 0 saturated heterocycles. The third-order valence-corrected chi connectivity index (χ3v) is 3.64. The summed E-state index contributed by atoms with van der Waals surface area (Å²) in [4.78, 5) is 0. The number of hydrogen-bond acceptors (Lipinski definition) is 3. The summed E-state index contributed by atoms with van der Waals surface area (Å²) < 4.78 is 0. The Morgan fingerprint density at radius 3 is 2.53 bits per heavy atom. The fourth-order valence-corrected chi connectivity index (χ4v) is 2.70. The van der Waals surface area contributed by atoms with Crippen LogP contribution in [0, 0.1) is 11.3 Å². The van der Waals surface area contributed by atoms with E-state index in [9.17, 15) is 0 Å². The number of rotatable bonds is 2. The molecule has 2 unspecified atom stereocenters. The lowest BCUT2D eigenvalue weighted by molar-refractivity contribution is 0.648. The number of nitrogens with zero attached hydrogens (tertiary/aromatic N) is 1. The van der Waals surface area contributed by atoms with E-state index in [-0.39, 0.29) is 12.1 Å². The Kier molecular flexibility index (Phi) is 2.94. The molecule has 2 aromatic carbocycles. The predicted molar refractivity (Wildman–Crippen MR) is 75.5 cm³/mol. The van der Waals surface area contributed by atoms with Gasteiger partial charge in [-0.25, -0.2) is 0 Å². The van der Waals surface area contributed by atoms with Crippen LogP contribution in [-0.2, 0) is 0 Å². The molecule has 3 nitrogen and oxygen atoms in total. The molecule has 0 heterocycles. The molecule has 0 saturated carbocycles. The quantitative estimate of drug-likeness (QED) is 0.859. The van der Waals surface area contributed by atoms with Gasteiger partial charge in [-0.3, -0.25) is 0 Å². The molecule has 2 atom stereocenters. The van der Waals surface area contributed by atoms with Gasteiger partial charge in [0.15, 0.2) is 0 Å². The van der Waals surface area contributed by atoms with E-state index in [2.05, 4.69) is 23.5 Å². The van der Waals surface area contributed by atoms with Crippen molar-refractivity contribution < 1.29 is 0 Å². The first-order chi connectivity index (χ1) is 9.29. The number of nitrogens with one attached hydrogen (secondary N) is 1. The lowest BCUT2D eigenvalue weighted by atomic mass is 10.1. The summed E-state index contributed by atoms with van der Waals surface area (Å²) in [5.74, 6) is 0. The molecule has 3 heteroatoms. The Labute approximate surface area is 112 Å². The molecule has 1 aliphatic carbocycles. The summed E-state index contributed by atoms with van der Waals surface area (Å²) in [6, 6.07) is 18.3. The summed E-state index contributed by atoms with van der Waals surface area (Å²) in [6.07, 6.45) is 0.860. The normalized spacial score (nSPS) is 20.6. The molecule has 0 fully saturated rings. The van der Waals surface area contributed by atoms with Crippen LogP contribution in [0.1, 0.15) is 35.2 Å². The van der Waals surface area contributed by atoms with E-state index in [4.69, 9.17) is 11.0 Å². The largest absolute Gasteiger partial charge is 0.377 e. The topological polar surface area (TPSA) is 61.8 Å². The van der Waals surface area contributed by atoms with E-state index in [1.165, 1.54) is 11.1 Å². The predicted octanol–water partition coefficient (Wildman–Crippen LogP) is 3.11. The van der Waals surface area contributed by atoms with Crippen LogP contribution >= 0.6 is 0 Å². The van der Waals surface area contributed by atoms with E-state index >= 15 is 0 Å². The summed E-state index contributed by atoms with van der Waals surface area (Å²) in [6.45, 7) is 0. The highest BCUT2D eigenvalue weighted by Crippen LogP contribution is 2.39. The van der Waals surface area contributed by atoms with Gasteiger partial charge < -0.3 is 11.1 Å². The smallest absolute Gasteiger partial charge is 0.101 e. The fourth-order valence-electron chi connectivity index (χ4n) is 2.70. The van der Waals surface area contributed by atoms with Crippen molar-refractivity contribution in [2.75, 3.05) is 5.32 Å². The maximum Gasteiger partial charge on any atom is 0.101 e. The summed E-state index contributed by atoms with van der Waals surface area (Å²) in [5, 5.41) is 12.6. The molecule has 0 aromatic heterocycles. The van der Waals surface area contributed by atoms with E-state index in [1.54, 1.807) is 0 Å². The van der Waals surface area contributed by atoms with Crippen molar-refractivity contribution in [2.45, 2.75) is 18.5 Å². The first kappa shape index (κ1) is 11.8. The van der Waals surface area contributed by atoms with Gasteiger partial charge >= 0.3 is 0 Å². The van der Waals surface area contributed by atoms with Gasteiger partial charge in [0.05, 0.1) is 17.3 Å². The summed E-state index contributed by atoms with van der Waals surface area (Å²) in [7, 11) is 0. The second kappa shape index (κ2) is 4.75. The highest BCUT2D eigenvalue weighted by Gasteiger charge is 2.28. The molecule has 3 rings (SSSR count). The van der Waals surface area contributed by atoms with Gasteiger partial charge in [-0.1, -0.05) is 36.4 Å². The maximum atomic E-state index is 9.12. The van der Waals surface area contributed by atoms with Crippen molar-refractivity contribution in [1.29, 1.82) is 5.26 Å². The van der Waals surface area contributed by atoms with E-state index in [0.717, 1.165) is 12.1 Å². The number of nitriles is 1. The minimum Gasteiger partial charge on any atom is -0.377 e. The van der Waals surface area contributed by atoms with E-state index < -0.39 is 0 Å². The molecule has 19 heavy (non-hydrogen) atoms. The van der Waals surface area contributed by atoms with Gasteiger partial charge in [0.1, 0.15) is 6.07 Å². The van der Waals surface area contributed by atoms with Gasteiger partial charge in [0.2, 0.25) is 0 Å². The van der Waals surface area contributed by atoms with Crippen LogP contribution < -0.4 is 11.1 Å². The van der Waals surface area contributed by atoms with Gasteiger partial charge in [0.25, 0.3) is 0 Å². The van der Waals surface area contributed by atoms with Crippen LogP contribution in [0.15, 0.2) is 48.5 Å². The fraction of sp³-hybridized carbons (Fsp3) is 0.188. The van der Waals surface area contributed by atoms with Crippen molar-refractivity contribution in [3.05, 3.63) is 65.2 Å². The number of nitrogens with two attached hydrogens (primary N) is 1. The molecular weight excluding hydrogens is 234 g/mol. The SMILES string of the molecule is N#Cc1ccccc1NC1CC(N)c2ccccc21. The molecule has 94 valence electrons.